The lowest BCUT2D eigenvalue weighted by molar-refractivity contribution is -0.133. The summed E-state index contributed by atoms with van der Waals surface area (Å²) >= 11 is 12.2. The summed E-state index contributed by atoms with van der Waals surface area (Å²) in [6.07, 6.45) is 0. The van der Waals surface area contributed by atoms with Gasteiger partial charge in [-0.25, -0.2) is 0 Å². The molecule has 3 rings (SSSR count). The average molecular weight is 393 g/mol. The fourth-order valence-electron chi connectivity index (χ4n) is 2.74. The third-order valence-electron chi connectivity index (χ3n) is 3.65. The van der Waals surface area contributed by atoms with Crippen LogP contribution in [0.2, 0.25) is 10.0 Å². The van der Waals surface area contributed by atoms with Crippen molar-refractivity contribution in [1.82, 2.24) is 0 Å². The molecule has 0 aromatic heterocycles. The van der Waals surface area contributed by atoms with Gasteiger partial charge in [-0.2, -0.15) is 0 Å². The summed E-state index contributed by atoms with van der Waals surface area (Å²) in [5.41, 5.74) is -0.601. The lowest BCUT2D eigenvalue weighted by atomic mass is 9.83. The third kappa shape index (κ3) is 2.87. The normalized spacial score (nSPS) is 12.3. The minimum absolute atomic E-state index is 0.0278. The maximum Gasteiger partial charge on any atom is 0.308 e. The van der Waals surface area contributed by atoms with Gasteiger partial charge >= 0.3 is 11.9 Å². The predicted octanol–water partition coefficient (Wildman–Crippen LogP) is 3.62. The van der Waals surface area contributed by atoms with E-state index in [9.17, 15) is 19.2 Å². The highest BCUT2D eigenvalue weighted by Gasteiger charge is 2.38. The van der Waals surface area contributed by atoms with E-state index in [2.05, 4.69) is 0 Å². The van der Waals surface area contributed by atoms with Crippen molar-refractivity contribution in [2.45, 2.75) is 13.8 Å². The second-order valence-corrected chi connectivity index (χ2v) is 6.25. The molecule has 0 atom stereocenters. The minimum atomic E-state index is -0.685. The van der Waals surface area contributed by atoms with Gasteiger partial charge in [0, 0.05) is 13.8 Å². The van der Waals surface area contributed by atoms with Crippen LogP contribution >= 0.6 is 23.2 Å². The third-order valence-corrected chi connectivity index (χ3v) is 4.28. The lowest BCUT2D eigenvalue weighted by Gasteiger charge is -2.23. The Balaban J connectivity index is 2.37. The molecule has 0 saturated heterocycles. The van der Waals surface area contributed by atoms with E-state index in [4.69, 9.17) is 32.7 Å². The second kappa shape index (κ2) is 6.55. The fraction of sp³-hybridized carbons (Fsp3) is 0.111. The molecule has 8 heteroatoms. The first-order chi connectivity index (χ1) is 12.2. The van der Waals surface area contributed by atoms with Crippen LogP contribution in [0.1, 0.15) is 45.7 Å². The number of carbonyl (C=O) groups excluding carboxylic acids is 4. The van der Waals surface area contributed by atoms with E-state index in [1.165, 1.54) is 24.3 Å². The minimum Gasteiger partial charge on any atom is -0.426 e. The number of hydrogen-bond acceptors (Lipinski definition) is 6. The highest BCUT2D eigenvalue weighted by atomic mass is 35.5. The highest BCUT2D eigenvalue weighted by molar-refractivity contribution is 6.44. The van der Waals surface area contributed by atoms with Crippen LogP contribution < -0.4 is 9.47 Å². The molecule has 0 saturated carbocycles. The molecule has 0 amide bonds. The Kier molecular flexibility index (Phi) is 4.56. The van der Waals surface area contributed by atoms with Crippen molar-refractivity contribution in [3.8, 4) is 11.5 Å². The van der Waals surface area contributed by atoms with Gasteiger partial charge in [0.15, 0.2) is 11.6 Å². The van der Waals surface area contributed by atoms with E-state index >= 15 is 0 Å². The van der Waals surface area contributed by atoms with Gasteiger partial charge in [0.2, 0.25) is 0 Å². The Morgan fingerprint density at radius 3 is 1.35 bits per heavy atom. The van der Waals surface area contributed by atoms with Crippen LogP contribution in [-0.2, 0) is 9.59 Å². The summed E-state index contributed by atoms with van der Waals surface area (Å²) in [4.78, 5) is 48.8. The Morgan fingerprint density at radius 1 is 0.692 bits per heavy atom. The average Bonchev–Trinajstić information content (AvgIpc) is 2.54. The van der Waals surface area contributed by atoms with Gasteiger partial charge in [0.1, 0.15) is 11.5 Å². The largest absolute Gasteiger partial charge is 0.426 e. The quantitative estimate of drug-likeness (QED) is 0.488. The van der Waals surface area contributed by atoms with Gasteiger partial charge in [0.05, 0.1) is 32.3 Å². The number of ketones is 2. The number of fused-ring (bicyclic) bond motifs is 2. The number of benzene rings is 2. The van der Waals surface area contributed by atoms with Crippen LogP contribution in [0.25, 0.3) is 0 Å². The van der Waals surface area contributed by atoms with Crippen LogP contribution in [-0.4, -0.2) is 23.5 Å². The van der Waals surface area contributed by atoms with Gasteiger partial charge in [-0.3, -0.25) is 19.2 Å². The number of carbonyl (C=O) groups is 4. The molecular formula is C18H10Cl2O6. The highest BCUT2D eigenvalue weighted by Crippen LogP contribution is 2.42. The van der Waals surface area contributed by atoms with E-state index in [1.807, 2.05) is 0 Å². The summed E-state index contributed by atoms with van der Waals surface area (Å²) in [6.45, 7) is 2.30. The Labute approximate surface area is 157 Å². The summed E-state index contributed by atoms with van der Waals surface area (Å²) in [5.74, 6) is -2.96. The molecule has 0 fully saturated rings. The van der Waals surface area contributed by atoms with Crippen molar-refractivity contribution >= 4 is 46.7 Å². The molecule has 1 aliphatic carbocycles. The van der Waals surface area contributed by atoms with Crippen LogP contribution in [0.4, 0.5) is 0 Å². The van der Waals surface area contributed by atoms with E-state index in [0.29, 0.717) is 0 Å². The van der Waals surface area contributed by atoms with Crippen molar-refractivity contribution in [3.05, 3.63) is 56.6 Å². The van der Waals surface area contributed by atoms with Crippen molar-refractivity contribution in [3.63, 3.8) is 0 Å². The molecule has 0 spiro atoms. The van der Waals surface area contributed by atoms with E-state index in [0.717, 1.165) is 13.8 Å². The number of esters is 2. The number of ether oxygens (including phenoxy) is 2. The van der Waals surface area contributed by atoms with Gasteiger partial charge in [-0.1, -0.05) is 23.2 Å². The van der Waals surface area contributed by atoms with Crippen LogP contribution in [0.15, 0.2) is 24.3 Å². The SMILES string of the molecule is CC(=O)Oc1ccc(OC(C)=O)c2c1C(=O)c1c(Cl)ccc(Cl)c1C2=O. The maximum absolute atomic E-state index is 13.0. The van der Waals surface area contributed by atoms with Crippen molar-refractivity contribution in [1.29, 1.82) is 0 Å². The first-order valence-electron chi connectivity index (χ1n) is 7.33. The number of hydrogen-bond donors (Lipinski definition) is 0. The summed E-state index contributed by atoms with van der Waals surface area (Å²) in [6, 6.07) is 5.32. The molecule has 2 aromatic rings. The maximum atomic E-state index is 13.0. The van der Waals surface area contributed by atoms with E-state index in [-0.39, 0.29) is 43.8 Å². The topological polar surface area (TPSA) is 86.7 Å². The molecule has 26 heavy (non-hydrogen) atoms. The van der Waals surface area contributed by atoms with Crippen molar-refractivity contribution in [2.75, 3.05) is 0 Å². The number of halogens is 2. The zero-order chi connectivity index (χ0) is 19.2. The van der Waals surface area contributed by atoms with Gasteiger partial charge in [0.25, 0.3) is 0 Å². The number of rotatable bonds is 2. The zero-order valence-electron chi connectivity index (χ0n) is 13.5. The molecule has 0 aliphatic heterocycles. The van der Waals surface area contributed by atoms with Gasteiger partial charge < -0.3 is 9.47 Å². The smallest absolute Gasteiger partial charge is 0.308 e. The predicted molar refractivity (Wildman–Crippen MR) is 92.4 cm³/mol. The van der Waals surface area contributed by atoms with E-state index in [1.54, 1.807) is 0 Å². The Bertz CT molecular complexity index is 929. The Morgan fingerprint density at radius 2 is 1.04 bits per heavy atom. The molecule has 0 bridgehead atoms. The molecule has 6 nitrogen and oxygen atoms in total. The zero-order valence-corrected chi connectivity index (χ0v) is 15.0. The molecule has 0 radical (unpaired) electrons. The fourth-order valence-corrected chi connectivity index (χ4v) is 3.23. The molecule has 132 valence electrons. The molecule has 0 heterocycles. The van der Waals surface area contributed by atoms with Crippen LogP contribution in [0.5, 0.6) is 11.5 Å². The van der Waals surface area contributed by atoms with Crippen LogP contribution in [0.3, 0.4) is 0 Å². The monoisotopic (exact) mass is 392 g/mol. The second-order valence-electron chi connectivity index (χ2n) is 5.44. The Hall–Kier alpha value is -2.70. The van der Waals surface area contributed by atoms with Gasteiger partial charge in [-0.15, -0.1) is 0 Å². The summed E-state index contributed by atoms with van der Waals surface area (Å²) in [5, 5.41) is 0.0557. The molecule has 1 aliphatic rings. The lowest BCUT2D eigenvalue weighted by Crippen LogP contribution is -2.24. The molecule has 2 aromatic carbocycles. The van der Waals surface area contributed by atoms with E-state index < -0.39 is 23.5 Å². The van der Waals surface area contributed by atoms with Crippen LogP contribution in [0, 0.1) is 0 Å². The van der Waals surface area contributed by atoms with Crippen molar-refractivity contribution < 1.29 is 28.7 Å². The first-order valence-corrected chi connectivity index (χ1v) is 8.09. The summed E-state index contributed by atoms with van der Waals surface area (Å²) < 4.78 is 10.1. The molecular weight excluding hydrogens is 383 g/mol. The molecule has 0 N–H and O–H groups in total. The van der Waals surface area contributed by atoms with Gasteiger partial charge in [-0.05, 0) is 24.3 Å². The summed E-state index contributed by atoms with van der Waals surface area (Å²) in [7, 11) is 0. The molecule has 0 unspecified atom stereocenters. The standard InChI is InChI=1S/C18H10Cl2O6/c1-7(21)25-11-5-6-12(26-8(2)22)16-15(11)17(23)13-9(19)3-4-10(20)14(13)18(16)24/h3-6H,1-2H3. The first kappa shape index (κ1) is 18.1. The van der Waals surface area contributed by atoms with Crippen molar-refractivity contribution in [2.24, 2.45) is 0 Å².